The second-order valence-electron chi connectivity index (χ2n) is 6.58. The van der Waals surface area contributed by atoms with Gasteiger partial charge in [0.2, 0.25) is 0 Å². The van der Waals surface area contributed by atoms with Crippen molar-refractivity contribution >= 4 is 60.7 Å². The molecule has 0 fully saturated rings. The molecule has 0 radical (unpaired) electrons. The van der Waals surface area contributed by atoms with Crippen molar-refractivity contribution in [1.82, 2.24) is 9.97 Å². The third-order valence-electron chi connectivity index (χ3n) is 4.90. The number of carbonyl (C=O) groups is 1. The zero-order chi connectivity index (χ0) is 18.7. The molecule has 0 amide bonds. The SMILES string of the molecule is O=C1c2ccccc2SC1(c1nc2ccccc2s1)c1nc2ccccc2s1. The molecule has 3 aromatic carbocycles. The first kappa shape index (κ1) is 16.4. The smallest absolute Gasteiger partial charge is 0.194 e. The van der Waals surface area contributed by atoms with Gasteiger partial charge in [0, 0.05) is 10.5 Å². The predicted molar refractivity (Wildman–Crippen MR) is 117 cm³/mol. The summed E-state index contributed by atoms with van der Waals surface area (Å²) in [6.07, 6.45) is 0. The van der Waals surface area contributed by atoms with Crippen molar-refractivity contribution in [2.24, 2.45) is 0 Å². The van der Waals surface area contributed by atoms with E-state index in [9.17, 15) is 4.79 Å². The van der Waals surface area contributed by atoms with E-state index >= 15 is 0 Å². The summed E-state index contributed by atoms with van der Waals surface area (Å²) in [5.41, 5.74) is 2.60. The first-order valence-corrected chi connectivity index (χ1v) is 11.3. The molecule has 0 saturated carbocycles. The van der Waals surface area contributed by atoms with Crippen molar-refractivity contribution in [3.63, 3.8) is 0 Å². The maximum absolute atomic E-state index is 13.8. The summed E-state index contributed by atoms with van der Waals surface area (Å²) >= 11 is 4.75. The van der Waals surface area contributed by atoms with Crippen LogP contribution in [-0.2, 0) is 4.75 Å². The second-order valence-corrected chi connectivity index (χ2v) is 9.90. The molecule has 3 heterocycles. The molecule has 0 saturated heterocycles. The molecule has 0 atom stereocenters. The van der Waals surface area contributed by atoms with Gasteiger partial charge in [-0.2, -0.15) is 0 Å². The minimum atomic E-state index is -0.920. The number of fused-ring (bicyclic) bond motifs is 3. The Bertz CT molecular complexity index is 1240. The molecule has 1 aliphatic heterocycles. The quantitative estimate of drug-likeness (QED) is 0.347. The molecular formula is C22H12N2OS3. The van der Waals surface area contributed by atoms with Crippen LogP contribution in [-0.4, -0.2) is 15.8 Å². The number of hydrogen-bond acceptors (Lipinski definition) is 6. The minimum Gasteiger partial charge on any atom is -0.292 e. The Morgan fingerprint density at radius 3 is 1.79 bits per heavy atom. The average molecular weight is 417 g/mol. The van der Waals surface area contributed by atoms with Crippen molar-refractivity contribution in [3.05, 3.63) is 88.4 Å². The Morgan fingerprint density at radius 2 is 1.21 bits per heavy atom. The molecule has 0 N–H and O–H groups in total. The minimum absolute atomic E-state index is 0.0752. The zero-order valence-corrected chi connectivity index (χ0v) is 16.9. The molecule has 6 heteroatoms. The Kier molecular flexibility index (Phi) is 3.50. The normalized spacial score (nSPS) is 15.4. The number of Topliss-reactive ketones (excluding diaryl/α,β-unsaturated/α-hetero) is 1. The van der Waals surface area contributed by atoms with E-state index in [1.54, 1.807) is 34.4 Å². The largest absolute Gasteiger partial charge is 0.292 e. The highest BCUT2D eigenvalue weighted by molar-refractivity contribution is 8.02. The Morgan fingerprint density at radius 1 is 0.679 bits per heavy atom. The predicted octanol–water partition coefficient (Wildman–Crippen LogP) is 6.14. The van der Waals surface area contributed by atoms with E-state index in [0.29, 0.717) is 0 Å². The third-order valence-corrected chi connectivity index (χ3v) is 8.93. The summed E-state index contributed by atoms with van der Waals surface area (Å²) in [6, 6.07) is 23.9. The molecule has 0 unspecified atom stereocenters. The van der Waals surface area contributed by atoms with E-state index in [4.69, 9.17) is 9.97 Å². The van der Waals surface area contributed by atoms with E-state index in [-0.39, 0.29) is 5.78 Å². The summed E-state index contributed by atoms with van der Waals surface area (Å²) in [6.45, 7) is 0. The van der Waals surface area contributed by atoms with Crippen molar-refractivity contribution < 1.29 is 4.79 Å². The molecule has 6 rings (SSSR count). The van der Waals surface area contributed by atoms with Crippen LogP contribution in [0.5, 0.6) is 0 Å². The summed E-state index contributed by atoms with van der Waals surface area (Å²) in [5.74, 6) is 0.0752. The molecule has 2 aromatic heterocycles. The number of para-hydroxylation sites is 2. The second kappa shape index (κ2) is 5.98. The van der Waals surface area contributed by atoms with Gasteiger partial charge in [-0.1, -0.05) is 54.2 Å². The molecule has 28 heavy (non-hydrogen) atoms. The van der Waals surface area contributed by atoms with Crippen LogP contribution in [0.2, 0.25) is 0 Å². The van der Waals surface area contributed by atoms with Gasteiger partial charge in [0.1, 0.15) is 10.0 Å². The van der Waals surface area contributed by atoms with Crippen LogP contribution in [0.3, 0.4) is 0 Å². The summed E-state index contributed by atoms with van der Waals surface area (Å²) in [5, 5.41) is 1.61. The molecule has 0 aliphatic carbocycles. The molecule has 0 bridgehead atoms. The lowest BCUT2D eigenvalue weighted by atomic mass is 9.98. The molecule has 5 aromatic rings. The molecule has 0 spiro atoms. The van der Waals surface area contributed by atoms with E-state index in [1.807, 2.05) is 60.7 Å². The lowest BCUT2D eigenvalue weighted by Crippen LogP contribution is -2.29. The third kappa shape index (κ3) is 2.19. The molecule has 134 valence electrons. The number of carbonyl (C=O) groups excluding carboxylic acids is 1. The van der Waals surface area contributed by atoms with Gasteiger partial charge in [0.15, 0.2) is 10.5 Å². The number of hydrogen-bond donors (Lipinski definition) is 0. The lowest BCUT2D eigenvalue weighted by Gasteiger charge is -2.21. The number of rotatable bonds is 2. The van der Waals surface area contributed by atoms with Gasteiger partial charge >= 0.3 is 0 Å². The molecule has 1 aliphatic rings. The highest BCUT2D eigenvalue weighted by Gasteiger charge is 2.53. The van der Waals surface area contributed by atoms with Crippen molar-refractivity contribution in [1.29, 1.82) is 0 Å². The fourth-order valence-electron chi connectivity index (χ4n) is 3.56. The van der Waals surface area contributed by atoms with Gasteiger partial charge in [-0.3, -0.25) is 4.79 Å². The van der Waals surface area contributed by atoms with E-state index in [2.05, 4.69) is 12.1 Å². The average Bonchev–Trinajstić information content (AvgIpc) is 3.42. The summed E-state index contributed by atoms with van der Waals surface area (Å²) in [4.78, 5) is 24.6. The van der Waals surface area contributed by atoms with Crippen molar-refractivity contribution in [2.45, 2.75) is 9.64 Å². The van der Waals surface area contributed by atoms with Gasteiger partial charge < -0.3 is 0 Å². The zero-order valence-electron chi connectivity index (χ0n) is 14.5. The number of ketones is 1. The Labute approximate surface area is 173 Å². The van der Waals surface area contributed by atoms with E-state index in [1.165, 1.54) is 0 Å². The van der Waals surface area contributed by atoms with Gasteiger partial charge in [-0.05, 0) is 30.3 Å². The van der Waals surface area contributed by atoms with Crippen LogP contribution in [0.4, 0.5) is 0 Å². The first-order valence-electron chi connectivity index (χ1n) is 8.81. The van der Waals surface area contributed by atoms with Crippen LogP contribution < -0.4 is 0 Å². The monoisotopic (exact) mass is 416 g/mol. The van der Waals surface area contributed by atoms with Gasteiger partial charge in [0.05, 0.1) is 20.4 Å². The fraction of sp³-hybridized carbons (Fsp3) is 0.0455. The van der Waals surface area contributed by atoms with Crippen LogP contribution in [0.15, 0.2) is 77.7 Å². The number of nitrogens with zero attached hydrogens (tertiary/aromatic N) is 2. The highest BCUT2D eigenvalue weighted by Crippen LogP contribution is 2.57. The number of thiazole rings is 2. The maximum atomic E-state index is 13.8. The molecule has 3 nitrogen and oxygen atoms in total. The fourth-order valence-corrected chi connectivity index (χ4v) is 7.44. The van der Waals surface area contributed by atoms with Crippen molar-refractivity contribution in [3.8, 4) is 0 Å². The summed E-state index contributed by atoms with van der Waals surface area (Å²) < 4.78 is 1.25. The van der Waals surface area contributed by atoms with Crippen LogP contribution in [0.25, 0.3) is 20.4 Å². The van der Waals surface area contributed by atoms with Gasteiger partial charge in [-0.25, -0.2) is 9.97 Å². The topological polar surface area (TPSA) is 42.9 Å². The van der Waals surface area contributed by atoms with Crippen molar-refractivity contribution in [2.75, 3.05) is 0 Å². The van der Waals surface area contributed by atoms with Crippen LogP contribution in [0, 0.1) is 0 Å². The van der Waals surface area contributed by atoms with Crippen LogP contribution in [0.1, 0.15) is 20.4 Å². The van der Waals surface area contributed by atoms with Gasteiger partial charge in [-0.15, -0.1) is 22.7 Å². The lowest BCUT2D eigenvalue weighted by molar-refractivity contribution is 0.0962. The maximum Gasteiger partial charge on any atom is 0.194 e. The number of aromatic nitrogens is 2. The van der Waals surface area contributed by atoms with E-state index < -0.39 is 4.75 Å². The Hall–Kier alpha value is -2.54. The standard InChI is InChI=1S/C22H12N2OS3/c25-19-13-7-1-4-10-16(13)28-22(19,20-23-14-8-2-5-11-17(14)26-20)21-24-15-9-3-6-12-18(15)27-21/h1-12H. The first-order chi connectivity index (χ1) is 13.8. The number of thioether (sulfide) groups is 1. The summed E-state index contributed by atoms with van der Waals surface area (Å²) in [7, 11) is 0. The molecular weight excluding hydrogens is 404 g/mol. The van der Waals surface area contributed by atoms with Gasteiger partial charge in [0.25, 0.3) is 0 Å². The van der Waals surface area contributed by atoms with E-state index in [0.717, 1.165) is 40.9 Å². The number of benzene rings is 3. The highest BCUT2D eigenvalue weighted by atomic mass is 32.2. The van der Waals surface area contributed by atoms with Crippen LogP contribution >= 0.6 is 34.4 Å². The Balaban J connectivity index is 1.66.